The number of carbonyl (C=O) groups excluding carboxylic acids is 1. The molecule has 0 aliphatic carbocycles. The van der Waals surface area contributed by atoms with Gasteiger partial charge in [-0.15, -0.1) is 0 Å². The maximum atomic E-state index is 13.6. The van der Waals surface area contributed by atoms with E-state index in [2.05, 4.69) is 0 Å². The van der Waals surface area contributed by atoms with Crippen LogP contribution in [0.25, 0.3) is 11.3 Å². The van der Waals surface area contributed by atoms with Crippen LogP contribution in [0.4, 0.5) is 9.18 Å². The Labute approximate surface area is 146 Å². The minimum absolute atomic E-state index is 0.174. The minimum Gasteiger partial charge on any atom is -0.488 e. The summed E-state index contributed by atoms with van der Waals surface area (Å²) in [6.45, 7) is 6.51. The van der Waals surface area contributed by atoms with Gasteiger partial charge < -0.3 is 18.8 Å². The zero-order valence-corrected chi connectivity index (χ0v) is 14.6. The van der Waals surface area contributed by atoms with Crippen LogP contribution in [0.2, 0.25) is 0 Å². The fraction of sp³-hybridized carbons (Fsp3) is 0.421. The SMILES string of the molecule is CC(C)(C)OC(=O)N1CCC(Oc2ccc(F)cc2-c2ccco2)C1. The number of amides is 1. The van der Waals surface area contributed by atoms with Crippen LogP contribution >= 0.6 is 0 Å². The fourth-order valence-corrected chi connectivity index (χ4v) is 2.73. The Morgan fingerprint density at radius 2 is 2.12 bits per heavy atom. The molecule has 0 spiro atoms. The first-order valence-electron chi connectivity index (χ1n) is 8.30. The standard InChI is InChI=1S/C19H22FNO4/c1-19(2,3)25-18(22)21-9-8-14(12-21)24-17-7-6-13(20)11-15(17)16-5-4-10-23-16/h4-7,10-11,14H,8-9,12H2,1-3H3. The van der Waals surface area contributed by atoms with E-state index in [-0.39, 0.29) is 18.0 Å². The highest BCUT2D eigenvalue weighted by Crippen LogP contribution is 2.33. The molecule has 0 N–H and O–H groups in total. The normalized spacial score (nSPS) is 17.6. The van der Waals surface area contributed by atoms with E-state index in [1.807, 2.05) is 20.8 Å². The second-order valence-electron chi connectivity index (χ2n) is 7.07. The molecule has 2 heterocycles. The lowest BCUT2D eigenvalue weighted by Crippen LogP contribution is -2.36. The van der Waals surface area contributed by atoms with Gasteiger partial charge in [0.25, 0.3) is 0 Å². The lowest BCUT2D eigenvalue weighted by Gasteiger charge is -2.24. The summed E-state index contributed by atoms with van der Waals surface area (Å²) in [5.41, 5.74) is 0.0279. The van der Waals surface area contributed by atoms with Crippen molar-refractivity contribution in [1.29, 1.82) is 0 Å². The van der Waals surface area contributed by atoms with Gasteiger partial charge in [0.2, 0.25) is 0 Å². The second kappa shape index (κ2) is 6.78. The molecule has 1 saturated heterocycles. The molecule has 5 nitrogen and oxygen atoms in total. The van der Waals surface area contributed by atoms with Crippen molar-refractivity contribution in [1.82, 2.24) is 4.90 Å². The molecule has 1 aliphatic heterocycles. The molecule has 1 atom stereocenters. The van der Waals surface area contributed by atoms with Crippen molar-refractivity contribution in [2.45, 2.75) is 38.9 Å². The van der Waals surface area contributed by atoms with Gasteiger partial charge in [-0.1, -0.05) is 0 Å². The molecule has 3 rings (SSSR count). The number of benzene rings is 1. The van der Waals surface area contributed by atoms with Gasteiger partial charge in [-0.25, -0.2) is 9.18 Å². The fourth-order valence-electron chi connectivity index (χ4n) is 2.73. The molecular weight excluding hydrogens is 325 g/mol. The Morgan fingerprint density at radius 1 is 1.32 bits per heavy atom. The molecular formula is C19H22FNO4. The molecule has 0 bridgehead atoms. The third-order valence-electron chi connectivity index (χ3n) is 3.82. The first-order chi connectivity index (χ1) is 11.8. The molecule has 134 valence electrons. The molecule has 1 fully saturated rings. The second-order valence-corrected chi connectivity index (χ2v) is 7.07. The van der Waals surface area contributed by atoms with Gasteiger partial charge in [-0.05, 0) is 51.1 Å². The Hall–Kier alpha value is -2.50. The summed E-state index contributed by atoms with van der Waals surface area (Å²) in [5.74, 6) is 0.712. The van der Waals surface area contributed by atoms with Crippen LogP contribution < -0.4 is 4.74 Å². The van der Waals surface area contributed by atoms with Gasteiger partial charge in [0.05, 0.1) is 18.4 Å². The topological polar surface area (TPSA) is 51.9 Å². The van der Waals surface area contributed by atoms with Gasteiger partial charge in [-0.3, -0.25) is 0 Å². The van der Waals surface area contributed by atoms with E-state index in [4.69, 9.17) is 13.9 Å². The van der Waals surface area contributed by atoms with Crippen molar-refractivity contribution in [3.05, 3.63) is 42.4 Å². The Morgan fingerprint density at radius 3 is 2.80 bits per heavy atom. The van der Waals surface area contributed by atoms with E-state index in [0.717, 1.165) is 0 Å². The number of rotatable bonds is 3. The Kier molecular flexibility index (Phi) is 4.70. The number of halogens is 1. The average molecular weight is 347 g/mol. The van der Waals surface area contributed by atoms with Crippen LogP contribution in [-0.2, 0) is 4.74 Å². The number of carbonyl (C=O) groups is 1. The smallest absolute Gasteiger partial charge is 0.410 e. The number of hydrogen-bond donors (Lipinski definition) is 0. The van der Waals surface area contributed by atoms with Crippen molar-refractivity contribution < 1.29 is 23.1 Å². The maximum Gasteiger partial charge on any atom is 0.410 e. The number of ether oxygens (including phenoxy) is 2. The van der Waals surface area contributed by atoms with Crippen LogP contribution in [0.3, 0.4) is 0 Å². The van der Waals surface area contributed by atoms with Gasteiger partial charge >= 0.3 is 6.09 Å². The summed E-state index contributed by atoms with van der Waals surface area (Å²) in [4.78, 5) is 13.8. The maximum absolute atomic E-state index is 13.6. The molecule has 0 radical (unpaired) electrons. The van der Waals surface area contributed by atoms with Crippen molar-refractivity contribution in [2.24, 2.45) is 0 Å². The monoisotopic (exact) mass is 347 g/mol. The van der Waals surface area contributed by atoms with Crippen molar-refractivity contribution in [2.75, 3.05) is 13.1 Å². The quantitative estimate of drug-likeness (QED) is 0.822. The lowest BCUT2D eigenvalue weighted by molar-refractivity contribution is 0.0276. The third-order valence-corrected chi connectivity index (χ3v) is 3.82. The zero-order valence-electron chi connectivity index (χ0n) is 14.6. The van der Waals surface area contributed by atoms with Crippen LogP contribution in [0.15, 0.2) is 41.0 Å². The van der Waals surface area contributed by atoms with Crippen molar-refractivity contribution in [3.8, 4) is 17.1 Å². The number of nitrogens with zero attached hydrogens (tertiary/aromatic N) is 1. The predicted molar refractivity (Wildman–Crippen MR) is 90.9 cm³/mol. The summed E-state index contributed by atoms with van der Waals surface area (Å²) >= 11 is 0. The Balaban J connectivity index is 1.69. The van der Waals surface area contributed by atoms with E-state index < -0.39 is 5.60 Å². The lowest BCUT2D eigenvalue weighted by atomic mass is 10.1. The van der Waals surface area contributed by atoms with Crippen molar-refractivity contribution in [3.63, 3.8) is 0 Å². The summed E-state index contributed by atoms with van der Waals surface area (Å²) in [5, 5.41) is 0. The molecule has 0 saturated carbocycles. The molecule has 2 aromatic rings. The van der Waals surface area contributed by atoms with E-state index in [0.29, 0.717) is 36.6 Å². The summed E-state index contributed by atoms with van der Waals surface area (Å²) in [6.07, 6.45) is 1.70. The molecule has 25 heavy (non-hydrogen) atoms. The number of likely N-dealkylation sites (tertiary alicyclic amines) is 1. The summed E-state index contributed by atoms with van der Waals surface area (Å²) in [6, 6.07) is 7.81. The van der Waals surface area contributed by atoms with E-state index in [9.17, 15) is 9.18 Å². The number of hydrogen-bond acceptors (Lipinski definition) is 4. The molecule has 1 aromatic heterocycles. The highest BCUT2D eigenvalue weighted by molar-refractivity contribution is 5.69. The molecule has 1 aromatic carbocycles. The van der Waals surface area contributed by atoms with Crippen LogP contribution in [-0.4, -0.2) is 35.8 Å². The van der Waals surface area contributed by atoms with Crippen LogP contribution in [0.5, 0.6) is 5.75 Å². The van der Waals surface area contributed by atoms with E-state index in [1.165, 1.54) is 18.4 Å². The Bertz CT molecular complexity index is 736. The number of furan rings is 1. The van der Waals surface area contributed by atoms with Gasteiger partial charge in [0, 0.05) is 13.0 Å². The minimum atomic E-state index is -0.528. The molecule has 1 amide bonds. The third kappa shape index (κ3) is 4.32. The molecule has 6 heteroatoms. The van der Waals surface area contributed by atoms with Crippen LogP contribution in [0, 0.1) is 5.82 Å². The first kappa shape index (κ1) is 17.3. The largest absolute Gasteiger partial charge is 0.488 e. The molecule has 1 aliphatic rings. The highest BCUT2D eigenvalue weighted by Gasteiger charge is 2.31. The summed E-state index contributed by atoms with van der Waals surface area (Å²) < 4.78 is 30.4. The van der Waals surface area contributed by atoms with Gasteiger partial charge in [-0.2, -0.15) is 0 Å². The van der Waals surface area contributed by atoms with Gasteiger partial charge in [0.1, 0.15) is 29.0 Å². The average Bonchev–Trinajstić information content (AvgIpc) is 3.19. The van der Waals surface area contributed by atoms with Crippen LogP contribution in [0.1, 0.15) is 27.2 Å². The molecule has 1 unspecified atom stereocenters. The highest BCUT2D eigenvalue weighted by atomic mass is 19.1. The van der Waals surface area contributed by atoms with Gasteiger partial charge in [0.15, 0.2) is 0 Å². The van der Waals surface area contributed by atoms with E-state index >= 15 is 0 Å². The summed E-state index contributed by atoms with van der Waals surface area (Å²) in [7, 11) is 0. The first-order valence-corrected chi connectivity index (χ1v) is 8.30. The predicted octanol–water partition coefficient (Wildman–Crippen LogP) is 4.47. The van der Waals surface area contributed by atoms with E-state index in [1.54, 1.807) is 23.1 Å². The van der Waals surface area contributed by atoms with Crippen molar-refractivity contribution >= 4 is 6.09 Å². The zero-order chi connectivity index (χ0) is 18.0.